The molecule has 0 aliphatic heterocycles. The van der Waals surface area contributed by atoms with Crippen LogP contribution in [0.2, 0.25) is 0 Å². The number of hydrogen-bond donors (Lipinski definition) is 4. The first-order chi connectivity index (χ1) is 15.9. The Balaban J connectivity index is 1.67. The predicted molar refractivity (Wildman–Crippen MR) is 122 cm³/mol. The molecule has 10 nitrogen and oxygen atoms in total. The van der Waals surface area contributed by atoms with E-state index in [-0.39, 0.29) is 12.1 Å². The van der Waals surface area contributed by atoms with E-state index in [1.54, 1.807) is 24.0 Å². The molecule has 2 aromatic heterocycles. The molecule has 4 N–H and O–H groups in total. The molecule has 11 heteroatoms. The van der Waals surface area contributed by atoms with Gasteiger partial charge in [0.25, 0.3) is 5.91 Å². The molecule has 0 fully saturated rings. The molecule has 2 atom stereocenters. The van der Waals surface area contributed by atoms with Gasteiger partial charge in [-0.15, -0.1) is 0 Å². The van der Waals surface area contributed by atoms with Crippen molar-refractivity contribution in [1.82, 2.24) is 30.2 Å². The van der Waals surface area contributed by atoms with Crippen LogP contribution in [0.4, 0.5) is 0 Å². The molecule has 0 unspecified atom stereocenters. The van der Waals surface area contributed by atoms with E-state index in [1.165, 1.54) is 18.6 Å². The van der Waals surface area contributed by atoms with Gasteiger partial charge in [-0.1, -0.05) is 30.3 Å². The molecule has 0 bridgehead atoms. The highest BCUT2D eigenvalue weighted by atomic mass is 16.4. The highest BCUT2D eigenvalue weighted by Crippen LogP contribution is 2.09. The number of nitrogens with zero attached hydrogens (tertiary/aromatic N) is 4. The molecule has 0 saturated carbocycles. The summed E-state index contributed by atoms with van der Waals surface area (Å²) in [5.74, 6) is -1.42. The Labute approximate surface area is 192 Å². The number of rotatable bonds is 11. The zero-order chi connectivity index (χ0) is 23.6. The molecule has 3 rings (SSSR count). The maximum Gasteiger partial charge on any atom is 0.475 e. The van der Waals surface area contributed by atoms with E-state index in [1.807, 2.05) is 30.3 Å². The van der Waals surface area contributed by atoms with Crippen LogP contribution in [0.3, 0.4) is 0 Å². The third-order valence-electron chi connectivity index (χ3n) is 5.24. The van der Waals surface area contributed by atoms with Gasteiger partial charge in [-0.2, -0.15) is 0 Å². The molecular formula is C22H27BN6O4. The number of hydrogen-bond acceptors (Lipinski definition) is 7. The lowest BCUT2D eigenvalue weighted by Gasteiger charge is -2.23. The third-order valence-corrected chi connectivity index (χ3v) is 5.24. The third kappa shape index (κ3) is 7.23. The molecule has 0 spiro atoms. The van der Waals surface area contributed by atoms with Gasteiger partial charge in [0.05, 0.1) is 12.1 Å². The van der Waals surface area contributed by atoms with Crippen LogP contribution >= 0.6 is 0 Å². The Morgan fingerprint density at radius 3 is 2.52 bits per heavy atom. The molecule has 3 aromatic rings. The fraction of sp³-hybridized carbons (Fsp3) is 0.318. The molecule has 1 aromatic carbocycles. The standard InChI is InChI=1S/C22H27BN6O4/c1-29-13-12-26-20(29)14-17(27-22(31)18-15-24-10-11-25-18)21(30)28-19(23(32)33)9-5-8-16-6-3-2-4-7-16/h2-4,6-7,10-13,15,17,19,32-33H,5,8-9,14H2,1H3,(H,27,31)(H,28,30)/t17-,19-/m0/s1. The summed E-state index contributed by atoms with van der Waals surface area (Å²) in [5.41, 5.74) is 1.19. The Kier molecular flexibility index (Phi) is 8.67. The van der Waals surface area contributed by atoms with Crippen LogP contribution in [0.15, 0.2) is 61.3 Å². The van der Waals surface area contributed by atoms with Gasteiger partial charge in [0, 0.05) is 38.3 Å². The smallest absolute Gasteiger partial charge is 0.426 e. The zero-order valence-corrected chi connectivity index (χ0v) is 18.3. The molecule has 172 valence electrons. The minimum Gasteiger partial charge on any atom is -0.426 e. The van der Waals surface area contributed by atoms with Crippen LogP contribution in [0.1, 0.15) is 34.7 Å². The molecule has 2 heterocycles. The number of benzene rings is 1. The summed E-state index contributed by atoms with van der Waals surface area (Å²) < 4.78 is 1.74. The molecule has 2 amide bonds. The Hall–Kier alpha value is -3.57. The van der Waals surface area contributed by atoms with E-state index in [0.29, 0.717) is 18.7 Å². The number of imidazole rings is 1. The lowest BCUT2D eigenvalue weighted by atomic mass is 9.76. The monoisotopic (exact) mass is 450 g/mol. The van der Waals surface area contributed by atoms with E-state index in [0.717, 1.165) is 12.0 Å². The van der Waals surface area contributed by atoms with E-state index in [9.17, 15) is 19.6 Å². The van der Waals surface area contributed by atoms with Crippen LogP contribution in [-0.4, -0.2) is 60.5 Å². The summed E-state index contributed by atoms with van der Waals surface area (Å²) >= 11 is 0. The van der Waals surface area contributed by atoms with Crippen molar-refractivity contribution < 1.29 is 19.6 Å². The number of carbonyl (C=O) groups is 2. The highest BCUT2D eigenvalue weighted by Gasteiger charge is 2.30. The van der Waals surface area contributed by atoms with E-state index < -0.39 is 30.9 Å². The second-order valence-electron chi connectivity index (χ2n) is 7.68. The number of aromatic nitrogens is 4. The van der Waals surface area contributed by atoms with Crippen molar-refractivity contribution in [2.45, 2.75) is 37.7 Å². The van der Waals surface area contributed by atoms with Crippen LogP contribution in [0.25, 0.3) is 0 Å². The minimum absolute atomic E-state index is 0.0664. The van der Waals surface area contributed by atoms with Gasteiger partial charge < -0.3 is 25.2 Å². The number of carbonyl (C=O) groups excluding carboxylic acids is 2. The van der Waals surface area contributed by atoms with Gasteiger partial charge in [-0.3, -0.25) is 14.6 Å². The summed E-state index contributed by atoms with van der Waals surface area (Å²) in [6.07, 6.45) is 9.30. The quantitative estimate of drug-likeness (QED) is 0.303. The minimum atomic E-state index is -1.74. The fourth-order valence-electron chi connectivity index (χ4n) is 3.38. The highest BCUT2D eigenvalue weighted by molar-refractivity contribution is 6.43. The Morgan fingerprint density at radius 1 is 1.09 bits per heavy atom. The maximum absolute atomic E-state index is 13.1. The first-order valence-electron chi connectivity index (χ1n) is 10.7. The van der Waals surface area contributed by atoms with Crippen molar-refractivity contribution in [3.8, 4) is 0 Å². The van der Waals surface area contributed by atoms with Gasteiger partial charge in [0.2, 0.25) is 5.91 Å². The van der Waals surface area contributed by atoms with Crippen molar-refractivity contribution in [3.05, 3.63) is 78.4 Å². The second-order valence-corrected chi connectivity index (χ2v) is 7.68. The van der Waals surface area contributed by atoms with Crippen LogP contribution in [0, 0.1) is 0 Å². The summed E-state index contributed by atoms with van der Waals surface area (Å²) in [6, 6.07) is 8.80. The van der Waals surface area contributed by atoms with Crippen molar-refractivity contribution in [2.75, 3.05) is 0 Å². The Morgan fingerprint density at radius 2 is 1.88 bits per heavy atom. The lowest BCUT2D eigenvalue weighted by Crippen LogP contribution is -2.54. The van der Waals surface area contributed by atoms with Crippen molar-refractivity contribution in [2.24, 2.45) is 7.05 Å². The number of aryl methyl sites for hydroxylation is 2. The average Bonchev–Trinajstić information content (AvgIpc) is 3.23. The number of amides is 2. The molecule has 0 aliphatic rings. The summed E-state index contributed by atoms with van der Waals surface area (Å²) in [7, 11) is 0.0419. The molecular weight excluding hydrogens is 423 g/mol. The normalized spacial score (nSPS) is 12.6. The van der Waals surface area contributed by atoms with Gasteiger partial charge in [-0.05, 0) is 24.8 Å². The van der Waals surface area contributed by atoms with Crippen molar-refractivity contribution in [3.63, 3.8) is 0 Å². The zero-order valence-electron chi connectivity index (χ0n) is 18.3. The maximum atomic E-state index is 13.1. The van der Waals surface area contributed by atoms with E-state index >= 15 is 0 Å². The summed E-state index contributed by atoms with van der Waals surface area (Å²) in [5, 5.41) is 25.0. The lowest BCUT2D eigenvalue weighted by molar-refractivity contribution is -0.123. The first-order valence-corrected chi connectivity index (χ1v) is 10.7. The molecule has 0 radical (unpaired) electrons. The van der Waals surface area contributed by atoms with E-state index in [2.05, 4.69) is 25.6 Å². The first kappa shape index (κ1) is 24.1. The molecule has 33 heavy (non-hydrogen) atoms. The number of nitrogens with one attached hydrogen (secondary N) is 2. The van der Waals surface area contributed by atoms with Crippen LogP contribution in [-0.2, 0) is 24.7 Å². The SMILES string of the molecule is Cn1ccnc1C[C@H](NC(=O)c1cnccn1)C(=O)N[C@@H](CCCc1ccccc1)B(O)O. The topological polar surface area (TPSA) is 142 Å². The largest absolute Gasteiger partial charge is 0.475 e. The Bertz CT molecular complexity index is 1030. The van der Waals surface area contributed by atoms with Gasteiger partial charge in [-0.25, -0.2) is 9.97 Å². The van der Waals surface area contributed by atoms with Gasteiger partial charge >= 0.3 is 7.12 Å². The van der Waals surface area contributed by atoms with Crippen LogP contribution < -0.4 is 10.6 Å². The fourth-order valence-corrected chi connectivity index (χ4v) is 3.38. The van der Waals surface area contributed by atoms with Crippen molar-refractivity contribution in [1.29, 1.82) is 0 Å². The molecule has 0 saturated heterocycles. The van der Waals surface area contributed by atoms with Crippen LogP contribution in [0.5, 0.6) is 0 Å². The van der Waals surface area contributed by atoms with Gasteiger partial charge in [0.15, 0.2) is 0 Å². The van der Waals surface area contributed by atoms with E-state index in [4.69, 9.17) is 0 Å². The predicted octanol–water partition coefficient (Wildman–Crippen LogP) is 0.0709. The average molecular weight is 450 g/mol. The van der Waals surface area contributed by atoms with Crippen molar-refractivity contribution >= 4 is 18.9 Å². The molecule has 0 aliphatic carbocycles. The summed E-state index contributed by atoms with van der Waals surface area (Å²) in [6.45, 7) is 0. The second kappa shape index (κ2) is 11.9. The summed E-state index contributed by atoms with van der Waals surface area (Å²) in [4.78, 5) is 37.7. The van der Waals surface area contributed by atoms with Gasteiger partial charge in [0.1, 0.15) is 17.6 Å².